The van der Waals surface area contributed by atoms with Gasteiger partial charge in [0.1, 0.15) is 0 Å². The van der Waals surface area contributed by atoms with Gasteiger partial charge in [-0.2, -0.15) is 11.8 Å². The monoisotopic (exact) mass is 425 g/mol. The molecule has 0 aliphatic heterocycles. The number of nitrogens with zero attached hydrogens (tertiary/aromatic N) is 1. The van der Waals surface area contributed by atoms with Gasteiger partial charge in [-0.1, -0.05) is 73.5 Å². The van der Waals surface area contributed by atoms with Gasteiger partial charge in [0.2, 0.25) is 5.91 Å². The number of hydrogen-bond donors (Lipinski definition) is 0. The number of aryl methyl sites for hydroxylation is 1. The summed E-state index contributed by atoms with van der Waals surface area (Å²) in [5.74, 6) is 1.40. The third-order valence-corrected chi connectivity index (χ3v) is 7.14. The summed E-state index contributed by atoms with van der Waals surface area (Å²) in [6, 6.07) is 21.6. The van der Waals surface area contributed by atoms with Crippen LogP contribution in [0.25, 0.3) is 0 Å². The van der Waals surface area contributed by atoms with Crippen LogP contribution >= 0.6 is 11.8 Å². The molecule has 30 heavy (non-hydrogen) atoms. The number of amides is 1. The van der Waals surface area contributed by atoms with Crippen LogP contribution in [0.3, 0.4) is 0 Å². The van der Waals surface area contributed by atoms with Crippen molar-refractivity contribution in [1.82, 2.24) is 4.90 Å². The van der Waals surface area contributed by atoms with Crippen molar-refractivity contribution in [3.05, 3.63) is 71.8 Å². The van der Waals surface area contributed by atoms with Gasteiger partial charge in [-0.15, -0.1) is 0 Å². The summed E-state index contributed by atoms with van der Waals surface area (Å²) in [6.07, 6.45) is 9.07. The van der Waals surface area contributed by atoms with Gasteiger partial charge in [0, 0.05) is 30.5 Å². The summed E-state index contributed by atoms with van der Waals surface area (Å²) < 4.78 is 0. The second kappa shape index (κ2) is 15.1. The average Bonchev–Trinajstić information content (AvgIpc) is 2.79. The number of benzene rings is 2. The van der Waals surface area contributed by atoms with E-state index >= 15 is 0 Å². The standard InChI is InChI=1S/C27H39NOS/c1-3-28(4-2)27(29)22-14-13-21-26(30-23-25-18-9-6-10-19-25)20-12-11-17-24-15-7-5-8-16-24/h5-10,15-16,18-19,26H,3-4,11-14,17,20-23H2,1-2H3. The quantitative estimate of drug-likeness (QED) is 0.283. The molecule has 0 spiro atoms. The molecular formula is C27H39NOS. The van der Waals surface area contributed by atoms with E-state index in [1.165, 1.54) is 43.2 Å². The van der Waals surface area contributed by atoms with Crippen molar-refractivity contribution in [3.8, 4) is 0 Å². The molecule has 1 atom stereocenters. The zero-order valence-corrected chi connectivity index (χ0v) is 19.7. The number of hydrogen-bond acceptors (Lipinski definition) is 2. The number of rotatable bonds is 15. The minimum atomic E-state index is 0.316. The van der Waals surface area contributed by atoms with E-state index < -0.39 is 0 Å². The van der Waals surface area contributed by atoms with Crippen molar-refractivity contribution in [2.24, 2.45) is 0 Å². The van der Waals surface area contributed by atoms with E-state index in [1.807, 2.05) is 4.90 Å². The Balaban J connectivity index is 1.74. The Labute approximate surface area is 188 Å². The molecule has 0 aromatic heterocycles. The van der Waals surface area contributed by atoms with Crippen LogP contribution in [0.15, 0.2) is 60.7 Å². The molecule has 2 rings (SSSR count). The first-order valence-corrected chi connectivity index (χ1v) is 12.7. The number of carbonyl (C=O) groups is 1. The molecule has 0 heterocycles. The molecule has 2 nitrogen and oxygen atoms in total. The molecule has 0 saturated carbocycles. The van der Waals surface area contributed by atoms with Crippen LogP contribution in [0.4, 0.5) is 0 Å². The van der Waals surface area contributed by atoms with Gasteiger partial charge >= 0.3 is 0 Å². The topological polar surface area (TPSA) is 20.3 Å². The maximum Gasteiger partial charge on any atom is 0.222 e. The molecule has 0 saturated heterocycles. The first-order valence-electron chi connectivity index (χ1n) is 11.7. The first kappa shape index (κ1) is 24.5. The molecule has 1 unspecified atom stereocenters. The first-order chi connectivity index (χ1) is 14.7. The maximum atomic E-state index is 12.2. The van der Waals surface area contributed by atoms with Gasteiger partial charge in [0.05, 0.1) is 0 Å². The van der Waals surface area contributed by atoms with Gasteiger partial charge < -0.3 is 4.90 Å². The third-order valence-electron chi connectivity index (χ3n) is 5.70. The molecule has 0 fully saturated rings. The molecule has 0 aliphatic rings. The third kappa shape index (κ3) is 9.84. The summed E-state index contributed by atoms with van der Waals surface area (Å²) in [4.78, 5) is 14.2. The van der Waals surface area contributed by atoms with Crippen LogP contribution in [0.2, 0.25) is 0 Å². The summed E-state index contributed by atoms with van der Waals surface area (Å²) in [6.45, 7) is 5.78. The molecule has 0 N–H and O–H groups in total. The van der Waals surface area contributed by atoms with Crippen LogP contribution in [-0.2, 0) is 17.0 Å². The fourth-order valence-electron chi connectivity index (χ4n) is 3.83. The van der Waals surface area contributed by atoms with E-state index in [4.69, 9.17) is 0 Å². The van der Waals surface area contributed by atoms with E-state index in [1.54, 1.807) is 0 Å². The predicted molar refractivity (Wildman–Crippen MR) is 132 cm³/mol. The minimum absolute atomic E-state index is 0.316. The molecule has 0 bridgehead atoms. The van der Waals surface area contributed by atoms with Crippen LogP contribution in [0.5, 0.6) is 0 Å². The smallest absolute Gasteiger partial charge is 0.222 e. The number of carbonyl (C=O) groups excluding carboxylic acids is 1. The molecule has 0 aliphatic carbocycles. The molecular weight excluding hydrogens is 386 g/mol. The lowest BCUT2D eigenvalue weighted by Crippen LogP contribution is -2.30. The van der Waals surface area contributed by atoms with Crippen molar-refractivity contribution < 1.29 is 4.79 Å². The fraction of sp³-hybridized carbons (Fsp3) is 0.519. The average molecular weight is 426 g/mol. The highest BCUT2D eigenvalue weighted by atomic mass is 32.2. The fourth-order valence-corrected chi connectivity index (χ4v) is 5.12. The lowest BCUT2D eigenvalue weighted by molar-refractivity contribution is -0.130. The van der Waals surface area contributed by atoms with E-state index in [0.717, 1.165) is 31.7 Å². The summed E-state index contributed by atoms with van der Waals surface area (Å²) in [5.41, 5.74) is 2.86. The molecule has 3 heteroatoms. The van der Waals surface area contributed by atoms with Gasteiger partial charge in [-0.25, -0.2) is 0 Å². The van der Waals surface area contributed by atoms with Crippen LogP contribution < -0.4 is 0 Å². The minimum Gasteiger partial charge on any atom is -0.343 e. The molecule has 2 aromatic rings. The Morgan fingerprint density at radius 1 is 0.800 bits per heavy atom. The Morgan fingerprint density at radius 2 is 1.37 bits per heavy atom. The molecule has 1 amide bonds. The van der Waals surface area contributed by atoms with Crippen LogP contribution in [0, 0.1) is 0 Å². The lowest BCUT2D eigenvalue weighted by Gasteiger charge is -2.19. The normalized spacial score (nSPS) is 11.9. The van der Waals surface area contributed by atoms with E-state index in [-0.39, 0.29) is 0 Å². The van der Waals surface area contributed by atoms with Crippen LogP contribution in [0.1, 0.15) is 69.9 Å². The van der Waals surface area contributed by atoms with Crippen molar-refractivity contribution in [2.75, 3.05) is 13.1 Å². The second-order valence-electron chi connectivity index (χ2n) is 7.96. The SMILES string of the molecule is CCN(CC)C(=O)CCCCC(CCCCc1ccccc1)SCc1ccccc1. The van der Waals surface area contributed by atoms with E-state index in [0.29, 0.717) is 17.6 Å². The van der Waals surface area contributed by atoms with E-state index in [9.17, 15) is 4.79 Å². The highest BCUT2D eigenvalue weighted by Crippen LogP contribution is 2.27. The number of thioether (sulfide) groups is 1. The predicted octanol–water partition coefficient (Wildman–Crippen LogP) is 7.13. The molecule has 0 radical (unpaired) electrons. The van der Waals surface area contributed by atoms with Crippen LogP contribution in [-0.4, -0.2) is 29.1 Å². The second-order valence-corrected chi connectivity index (χ2v) is 9.25. The molecule has 2 aromatic carbocycles. The highest BCUT2D eigenvalue weighted by Gasteiger charge is 2.12. The van der Waals surface area contributed by atoms with Gasteiger partial charge in [-0.05, 0) is 57.1 Å². The van der Waals surface area contributed by atoms with Crippen molar-refractivity contribution in [1.29, 1.82) is 0 Å². The zero-order chi connectivity index (χ0) is 21.4. The Morgan fingerprint density at radius 3 is 1.97 bits per heavy atom. The number of unbranched alkanes of at least 4 members (excludes halogenated alkanes) is 2. The summed E-state index contributed by atoms with van der Waals surface area (Å²) in [5, 5.41) is 0.685. The van der Waals surface area contributed by atoms with Gasteiger partial charge in [0.15, 0.2) is 0 Å². The summed E-state index contributed by atoms with van der Waals surface area (Å²) in [7, 11) is 0. The largest absolute Gasteiger partial charge is 0.343 e. The maximum absolute atomic E-state index is 12.2. The Hall–Kier alpha value is -1.74. The van der Waals surface area contributed by atoms with E-state index in [2.05, 4.69) is 86.3 Å². The lowest BCUT2D eigenvalue weighted by atomic mass is 10.0. The highest BCUT2D eigenvalue weighted by molar-refractivity contribution is 7.99. The van der Waals surface area contributed by atoms with Crippen molar-refractivity contribution >= 4 is 17.7 Å². The zero-order valence-electron chi connectivity index (χ0n) is 18.9. The van der Waals surface area contributed by atoms with Crippen molar-refractivity contribution in [2.45, 2.75) is 76.2 Å². The Bertz CT molecular complexity index is 685. The van der Waals surface area contributed by atoms with Gasteiger partial charge in [0.25, 0.3) is 0 Å². The molecule has 164 valence electrons. The summed E-state index contributed by atoms with van der Waals surface area (Å²) >= 11 is 2.10. The van der Waals surface area contributed by atoms with Crippen molar-refractivity contribution in [3.63, 3.8) is 0 Å². The Kier molecular flexibility index (Phi) is 12.4. The van der Waals surface area contributed by atoms with Gasteiger partial charge in [-0.3, -0.25) is 4.79 Å².